The third kappa shape index (κ3) is 2.12. The highest BCUT2D eigenvalue weighted by Crippen LogP contribution is 2.40. The van der Waals surface area contributed by atoms with Crippen molar-refractivity contribution in [2.75, 3.05) is 10.6 Å². The topological polar surface area (TPSA) is 63.4 Å². The second-order valence-electron chi connectivity index (χ2n) is 4.45. The fourth-order valence-corrected chi connectivity index (χ4v) is 3.02. The molecule has 0 radical (unpaired) electrons. The van der Waals surface area contributed by atoms with Crippen LogP contribution in [0.25, 0.3) is 0 Å². The SMILES string of the molecule is Nc1ccc2c(c1)C(=O)N(c1ccc(Br)c(Cl)c1Cl)C2=O. The Morgan fingerprint density at radius 1 is 0.952 bits per heavy atom. The number of hydrogen-bond donors (Lipinski definition) is 1. The summed E-state index contributed by atoms with van der Waals surface area (Å²) in [7, 11) is 0. The molecule has 1 heterocycles. The van der Waals surface area contributed by atoms with E-state index in [9.17, 15) is 9.59 Å². The first-order valence-electron chi connectivity index (χ1n) is 5.83. The van der Waals surface area contributed by atoms with Crippen molar-refractivity contribution in [2.24, 2.45) is 0 Å². The Bertz CT molecular complexity index is 808. The van der Waals surface area contributed by atoms with Gasteiger partial charge >= 0.3 is 0 Å². The maximum Gasteiger partial charge on any atom is 0.266 e. The molecular weight excluding hydrogens is 379 g/mol. The average molecular weight is 386 g/mol. The third-order valence-electron chi connectivity index (χ3n) is 3.17. The lowest BCUT2D eigenvalue weighted by molar-refractivity contribution is 0.0926. The molecule has 0 saturated carbocycles. The lowest BCUT2D eigenvalue weighted by Gasteiger charge is -2.16. The Balaban J connectivity index is 2.17. The summed E-state index contributed by atoms with van der Waals surface area (Å²) in [6, 6.07) is 7.76. The van der Waals surface area contributed by atoms with Gasteiger partial charge in [-0.1, -0.05) is 23.2 Å². The van der Waals surface area contributed by atoms with Crippen molar-refractivity contribution in [1.29, 1.82) is 0 Å². The van der Waals surface area contributed by atoms with E-state index in [2.05, 4.69) is 15.9 Å². The number of nitrogens with two attached hydrogens (primary N) is 1. The van der Waals surface area contributed by atoms with E-state index in [-0.39, 0.29) is 21.3 Å². The van der Waals surface area contributed by atoms with Crippen LogP contribution in [0.3, 0.4) is 0 Å². The first-order chi connectivity index (χ1) is 9.91. The number of carbonyl (C=O) groups is 2. The van der Waals surface area contributed by atoms with E-state index in [0.29, 0.717) is 15.7 Å². The molecule has 21 heavy (non-hydrogen) atoms. The molecule has 0 unspecified atom stereocenters. The van der Waals surface area contributed by atoms with E-state index in [0.717, 1.165) is 4.90 Å². The Labute approximate surface area is 138 Å². The van der Waals surface area contributed by atoms with Crippen LogP contribution >= 0.6 is 39.1 Å². The summed E-state index contributed by atoms with van der Waals surface area (Å²) in [6.07, 6.45) is 0. The van der Waals surface area contributed by atoms with Crippen molar-refractivity contribution in [2.45, 2.75) is 0 Å². The van der Waals surface area contributed by atoms with Crippen molar-refractivity contribution < 1.29 is 9.59 Å². The number of hydrogen-bond acceptors (Lipinski definition) is 3. The first kappa shape index (κ1) is 14.4. The summed E-state index contributed by atoms with van der Waals surface area (Å²) in [5, 5.41) is 0.374. The fourth-order valence-electron chi connectivity index (χ4n) is 2.17. The summed E-state index contributed by atoms with van der Waals surface area (Å²) < 4.78 is 0.582. The standard InChI is InChI=1S/C14H7BrCl2N2O2/c15-9-3-4-10(12(17)11(9)16)19-13(20)7-2-1-6(18)5-8(7)14(19)21/h1-5H,18H2. The van der Waals surface area contributed by atoms with Crippen LogP contribution in [0.1, 0.15) is 20.7 Å². The number of nitrogen functional groups attached to an aromatic ring is 1. The number of anilines is 2. The smallest absolute Gasteiger partial charge is 0.266 e. The maximum absolute atomic E-state index is 12.4. The highest BCUT2D eigenvalue weighted by Gasteiger charge is 2.38. The molecule has 0 bridgehead atoms. The molecule has 2 N–H and O–H groups in total. The van der Waals surface area contributed by atoms with Gasteiger partial charge in [-0.05, 0) is 46.3 Å². The molecule has 0 aliphatic carbocycles. The highest BCUT2D eigenvalue weighted by atomic mass is 79.9. The van der Waals surface area contributed by atoms with Crippen molar-refractivity contribution in [3.8, 4) is 0 Å². The van der Waals surface area contributed by atoms with E-state index in [1.165, 1.54) is 12.1 Å². The summed E-state index contributed by atoms with van der Waals surface area (Å²) in [6.45, 7) is 0. The number of nitrogens with zero attached hydrogens (tertiary/aromatic N) is 1. The fraction of sp³-hybridized carbons (Fsp3) is 0. The van der Waals surface area contributed by atoms with Gasteiger partial charge in [0.05, 0.1) is 26.9 Å². The van der Waals surface area contributed by atoms with Crippen LogP contribution in [-0.2, 0) is 0 Å². The van der Waals surface area contributed by atoms with Crippen LogP contribution in [-0.4, -0.2) is 11.8 Å². The largest absolute Gasteiger partial charge is 0.399 e. The third-order valence-corrected chi connectivity index (χ3v) is 4.93. The van der Waals surface area contributed by atoms with E-state index in [4.69, 9.17) is 28.9 Å². The van der Waals surface area contributed by atoms with Gasteiger partial charge in [-0.3, -0.25) is 9.59 Å². The van der Waals surface area contributed by atoms with Crippen LogP contribution in [0.4, 0.5) is 11.4 Å². The number of benzene rings is 2. The Morgan fingerprint density at radius 3 is 2.33 bits per heavy atom. The average Bonchev–Trinajstić information content (AvgIpc) is 2.69. The van der Waals surface area contributed by atoms with Crippen LogP contribution in [0, 0.1) is 0 Å². The molecule has 7 heteroatoms. The molecule has 1 aliphatic heterocycles. The Hall–Kier alpha value is -1.56. The second kappa shape index (κ2) is 5.02. The van der Waals surface area contributed by atoms with Gasteiger partial charge < -0.3 is 5.73 Å². The minimum Gasteiger partial charge on any atom is -0.399 e. The normalized spacial score (nSPS) is 13.8. The number of rotatable bonds is 1. The van der Waals surface area contributed by atoms with Gasteiger partial charge in [-0.2, -0.15) is 0 Å². The molecule has 0 fully saturated rings. The molecule has 2 amide bonds. The van der Waals surface area contributed by atoms with Crippen LogP contribution in [0.15, 0.2) is 34.8 Å². The molecule has 2 aromatic rings. The van der Waals surface area contributed by atoms with Gasteiger partial charge in [-0.15, -0.1) is 0 Å². The van der Waals surface area contributed by atoms with Crippen molar-refractivity contribution in [3.05, 3.63) is 56.0 Å². The number of carbonyl (C=O) groups excluding carboxylic acids is 2. The molecule has 106 valence electrons. The monoisotopic (exact) mass is 384 g/mol. The van der Waals surface area contributed by atoms with Crippen molar-refractivity contribution in [3.63, 3.8) is 0 Å². The minimum absolute atomic E-state index is 0.133. The predicted octanol–water partition coefficient (Wildman–Crippen LogP) is 4.14. The molecule has 0 saturated heterocycles. The van der Waals surface area contributed by atoms with Gasteiger partial charge in [-0.25, -0.2) is 4.90 Å². The molecule has 0 spiro atoms. The summed E-state index contributed by atoms with van der Waals surface area (Å²) in [5.41, 5.74) is 6.87. The number of imide groups is 1. The predicted molar refractivity (Wildman–Crippen MR) is 86.2 cm³/mol. The zero-order valence-corrected chi connectivity index (χ0v) is 13.5. The summed E-state index contributed by atoms with van der Waals surface area (Å²) in [4.78, 5) is 25.9. The number of halogens is 3. The number of amides is 2. The van der Waals surface area contributed by atoms with Crippen molar-refractivity contribution in [1.82, 2.24) is 0 Å². The summed E-state index contributed by atoms with van der Waals surface area (Å²) in [5.74, 6) is -0.919. The van der Waals surface area contributed by atoms with Crippen molar-refractivity contribution >= 4 is 62.3 Å². The molecular formula is C14H7BrCl2N2O2. The van der Waals surface area contributed by atoms with E-state index < -0.39 is 11.8 Å². The first-order valence-corrected chi connectivity index (χ1v) is 7.38. The lowest BCUT2D eigenvalue weighted by Crippen LogP contribution is -2.29. The summed E-state index contributed by atoms with van der Waals surface area (Å²) >= 11 is 15.4. The molecule has 1 aliphatic rings. The van der Waals surface area contributed by atoms with Gasteiger partial charge in [0.2, 0.25) is 0 Å². The van der Waals surface area contributed by atoms with Gasteiger partial charge in [0.15, 0.2) is 0 Å². The van der Waals surface area contributed by atoms with E-state index >= 15 is 0 Å². The highest BCUT2D eigenvalue weighted by molar-refractivity contribution is 9.10. The molecule has 2 aromatic carbocycles. The van der Waals surface area contributed by atoms with Crippen LogP contribution in [0.2, 0.25) is 10.0 Å². The van der Waals surface area contributed by atoms with Crippen LogP contribution in [0.5, 0.6) is 0 Å². The zero-order valence-electron chi connectivity index (χ0n) is 10.4. The molecule has 4 nitrogen and oxygen atoms in total. The minimum atomic E-state index is -0.470. The maximum atomic E-state index is 12.4. The molecule has 0 aromatic heterocycles. The van der Waals surface area contributed by atoms with Gasteiger partial charge in [0.25, 0.3) is 11.8 Å². The zero-order chi connectivity index (χ0) is 15.3. The van der Waals surface area contributed by atoms with E-state index in [1.54, 1.807) is 18.2 Å². The quantitative estimate of drug-likeness (QED) is 0.455. The number of fused-ring (bicyclic) bond motifs is 1. The van der Waals surface area contributed by atoms with Crippen LogP contribution < -0.4 is 10.6 Å². The van der Waals surface area contributed by atoms with Gasteiger partial charge in [0.1, 0.15) is 0 Å². The molecule has 3 rings (SSSR count). The second-order valence-corrected chi connectivity index (χ2v) is 6.06. The van der Waals surface area contributed by atoms with E-state index in [1.807, 2.05) is 0 Å². The molecule has 0 atom stereocenters. The Morgan fingerprint density at radius 2 is 1.62 bits per heavy atom. The van der Waals surface area contributed by atoms with Gasteiger partial charge in [0, 0.05) is 10.2 Å². The lowest BCUT2D eigenvalue weighted by atomic mass is 10.1. The Kier molecular flexibility index (Phi) is 3.43.